The van der Waals surface area contributed by atoms with Gasteiger partial charge in [-0.05, 0) is 24.3 Å². The summed E-state index contributed by atoms with van der Waals surface area (Å²) in [7, 11) is -4.37. The molecule has 1 aliphatic rings. The number of hydrogen-bond donors (Lipinski definition) is 2. The van der Waals surface area contributed by atoms with E-state index in [0.29, 0.717) is 6.54 Å². The second-order valence-corrected chi connectivity index (χ2v) is 8.94. The van der Waals surface area contributed by atoms with Crippen molar-refractivity contribution >= 4 is 27.3 Å². The van der Waals surface area contributed by atoms with Crippen molar-refractivity contribution in [1.29, 1.82) is 0 Å². The van der Waals surface area contributed by atoms with Crippen molar-refractivity contribution in [2.24, 2.45) is 0 Å². The average Bonchev–Trinajstić information content (AvgIpc) is 2.77. The Bertz CT molecular complexity index is 1100. The zero-order valence-corrected chi connectivity index (χ0v) is 18.1. The van der Waals surface area contributed by atoms with Crippen LogP contribution in [-0.2, 0) is 14.8 Å². The molecule has 1 saturated heterocycles. The third kappa shape index (κ3) is 6.66. The van der Waals surface area contributed by atoms with Gasteiger partial charge in [0.1, 0.15) is 5.69 Å². The lowest BCUT2D eigenvalue weighted by atomic mass is 10.2. The molecule has 0 aromatic heterocycles. The van der Waals surface area contributed by atoms with E-state index < -0.39 is 44.0 Å². The van der Waals surface area contributed by atoms with Crippen LogP contribution in [0.5, 0.6) is 0 Å². The molecule has 3 rings (SSSR count). The highest BCUT2D eigenvalue weighted by molar-refractivity contribution is 7.90. The molecule has 1 aliphatic heterocycles. The van der Waals surface area contributed by atoms with E-state index in [4.69, 9.17) is 4.74 Å². The van der Waals surface area contributed by atoms with Crippen molar-refractivity contribution < 1.29 is 31.7 Å². The van der Waals surface area contributed by atoms with Gasteiger partial charge in [-0.2, -0.15) is 0 Å². The van der Waals surface area contributed by atoms with E-state index in [1.54, 1.807) is 23.1 Å². The summed E-state index contributed by atoms with van der Waals surface area (Å²) < 4.78 is 57.7. The van der Waals surface area contributed by atoms with Crippen molar-refractivity contribution in [3.8, 4) is 0 Å². The first-order chi connectivity index (χ1) is 15.7. The van der Waals surface area contributed by atoms with E-state index in [1.165, 1.54) is 18.2 Å². The summed E-state index contributed by atoms with van der Waals surface area (Å²) in [4.78, 5) is 24.0. The Morgan fingerprint density at radius 3 is 2.64 bits per heavy atom. The molecule has 33 heavy (non-hydrogen) atoms. The molecule has 0 radical (unpaired) electrons. The molecule has 2 aromatic carbocycles. The molecule has 0 aliphatic carbocycles. The van der Waals surface area contributed by atoms with Crippen molar-refractivity contribution in [1.82, 2.24) is 9.62 Å². The van der Waals surface area contributed by atoms with Crippen molar-refractivity contribution in [2.75, 3.05) is 38.1 Å². The number of ether oxygens (including phenoxy) is 1. The third-order valence-electron chi connectivity index (χ3n) is 4.88. The molecule has 1 amide bonds. The first-order valence-corrected chi connectivity index (χ1v) is 11.4. The lowest BCUT2D eigenvalue weighted by Crippen LogP contribution is -2.46. The molecule has 1 unspecified atom stereocenters. The van der Waals surface area contributed by atoms with E-state index >= 15 is 0 Å². The molecule has 1 heterocycles. The summed E-state index contributed by atoms with van der Waals surface area (Å²) in [5.74, 6) is -0.872. The number of nitro groups is 1. The summed E-state index contributed by atoms with van der Waals surface area (Å²) in [6.07, 6.45) is -2.96. The van der Waals surface area contributed by atoms with Gasteiger partial charge in [0.2, 0.25) is 0 Å². The first kappa shape index (κ1) is 24.5. The fraction of sp³-hybridized carbons (Fsp3) is 0.350. The SMILES string of the molecule is O=C(NS(=O)(=O)c1ccc(NCC2CN(CC(F)F)CCO2)c([N+](=O)[O-])c1)c1ccccc1. The third-order valence-corrected chi connectivity index (χ3v) is 6.21. The smallest absolute Gasteiger partial charge is 0.293 e. The number of nitrogens with one attached hydrogen (secondary N) is 2. The number of halogens is 2. The second-order valence-electron chi connectivity index (χ2n) is 7.26. The second kappa shape index (κ2) is 10.6. The summed E-state index contributed by atoms with van der Waals surface area (Å²) in [6.45, 7) is 0.545. The minimum atomic E-state index is -4.37. The number of rotatable bonds is 9. The molecule has 0 bridgehead atoms. The van der Waals surface area contributed by atoms with Crippen LogP contribution in [0.3, 0.4) is 0 Å². The van der Waals surface area contributed by atoms with Crippen molar-refractivity contribution in [3.63, 3.8) is 0 Å². The normalized spacial score (nSPS) is 17.0. The van der Waals surface area contributed by atoms with Gasteiger partial charge in [0.25, 0.3) is 28.0 Å². The molecule has 1 fully saturated rings. The topological polar surface area (TPSA) is 131 Å². The number of nitro benzene ring substituents is 1. The number of amides is 1. The molecule has 0 saturated carbocycles. The number of alkyl halides is 2. The zero-order valence-electron chi connectivity index (χ0n) is 17.3. The van der Waals surface area contributed by atoms with E-state index in [9.17, 15) is 32.1 Å². The minimum absolute atomic E-state index is 0.0305. The first-order valence-electron chi connectivity index (χ1n) is 9.92. The van der Waals surface area contributed by atoms with E-state index in [2.05, 4.69) is 5.32 Å². The molecule has 178 valence electrons. The van der Waals surface area contributed by atoms with Crippen LogP contribution in [0.4, 0.5) is 20.2 Å². The van der Waals surface area contributed by atoms with Gasteiger partial charge in [0.15, 0.2) is 0 Å². The maximum absolute atomic E-state index is 12.6. The van der Waals surface area contributed by atoms with Gasteiger partial charge in [0, 0.05) is 31.3 Å². The van der Waals surface area contributed by atoms with Crippen LogP contribution >= 0.6 is 0 Å². The van der Waals surface area contributed by atoms with E-state index in [1.807, 2.05) is 4.72 Å². The highest BCUT2D eigenvalue weighted by Crippen LogP contribution is 2.28. The van der Waals surface area contributed by atoms with Gasteiger partial charge >= 0.3 is 0 Å². The van der Waals surface area contributed by atoms with Gasteiger partial charge in [-0.3, -0.25) is 19.8 Å². The number of sulfonamides is 1. The Balaban J connectivity index is 1.71. The number of morpholine rings is 1. The monoisotopic (exact) mass is 484 g/mol. The van der Waals surface area contributed by atoms with Crippen LogP contribution in [0.25, 0.3) is 0 Å². The number of anilines is 1. The Labute approximate surface area is 188 Å². The Kier molecular flexibility index (Phi) is 7.89. The summed E-state index contributed by atoms with van der Waals surface area (Å²) in [5, 5.41) is 14.4. The number of benzene rings is 2. The average molecular weight is 484 g/mol. The van der Waals surface area contributed by atoms with Crippen LogP contribution < -0.4 is 10.0 Å². The van der Waals surface area contributed by atoms with Gasteiger partial charge in [-0.15, -0.1) is 0 Å². The van der Waals surface area contributed by atoms with Crippen LogP contribution in [0.15, 0.2) is 53.4 Å². The van der Waals surface area contributed by atoms with Gasteiger partial charge in [-0.25, -0.2) is 21.9 Å². The standard InChI is InChI=1S/C20H22F2N4O6S/c21-19(22)13-25-8-9-32-15(12-25)11-23-17-7-6-16(10-18(17)26(28)29)33(30,31)24-20(27)14-4-2-1-3-5-14/h1-7,10,15,19,23H,8-9,11-13H2,(H,24,27). The van der Waals surface area contributed by atoms with Crippen LogP contribution in [0.1, 0.15) is 10.4 Å². The fourth-order valence-electron chi connectivity index (χ4n) is 3.30. The molecular formula is C20H22F2N4O6S. The van der Waals surface area contributed by atoms with Gasteiger partial charge in [-0.1, -0.05) is 18.2 Å². The quantitative estimate of drug-likeness (QED) is 0.409. The Hall–Kier alpha value is -3.16. The summed E-state index contributed by atoms with van der Waals surface area (Å²) >= 11 is 0. The maximum Gasteiger partial charge on any atom is 0.293 e. The van der Waals surface area contributed by atoms with Gasteiger partial charge < -0.3 is 10.1 Å². The minimum Gasteiger partial charge on any atom is -0.377 e. The predicted octanol–water partition coefficient (Wildman–Crippen LogP) is 2.09. The molecule has 10 nitrogen and oxygen atoms in total. The molecular weight excluding hydrogens is 462 g/mol. The molecule has 1 atom stereocenters. The maximum atomic E-state index is 12.6. The lowest BCUT2D eigenvalue weighted by molar-refractivity contribution is -0.384. The number of nitrogens with zero attached hydrogens (tertiary/aromatic N) is 2. The lowest BCUT2D eigenvalue weighted by Gasteiger charge is -2.32. The molecule has 13 heteroatoms. The summed E-state index contributed by atoms with van der Waals surface area (Å²) in [6, 6.07) is 10.8. The van der Waals surface area contributed by atoms with Crippen LogP contribution in [0.2, 0.25) is 0 Å². The number of hydrogen-bond acceptors (Lipinski definition) is 8. The van der Waals surface area contributed by atoms with Crippen LogP contribution in [-0.4, -0.2) is 69.5 Å². The molecule has 2 N–H and O–H groups in total. The van der Waals surface area contributed by atoms with Crippen LogP contribution in [0, 0.1) is 10.1 Å². The summed E-state index contributed by atoms with van der Waals surface area (Å²) in [5.41, 5.74) is -0.379. The van der Waals surface area contributed by atoms with Gasteiger partial charge in [0.05, 0.1) is 29.1 Å². The predicted molar refractivity (Wildman–Crippen MR) is 115 cm³/mol. The fourth-order valence-corrected chi connectivity index (χ4v) is 4.29. The number of carbonyl (C=O) groups is 1. The Morgan fingerprint density at radius 2 is 1.97 bits per heavy atom. The van der Waals surface area contributed by atoms with Crippen molar-refractivity contribution in [3.05, 3.63) is 64.2 Å². The highest BCUT2D eigenvalue weighted by atomic mass is 32.2. The molecule has 0 spiro atoms. The molecule has 2 aromatic rings. The highest BCUT2D eigenvalue weighted by Gasteiger charge is 2.26. The zero-order chi connectivity index (χ0) is 24.0. The van der Waals surface area contributed by atoms with E-state index in [-0.39, 0.29) is 37.5 Å². The van der Waals surface area contributed by atoms with Crippen molar-refractivity contribution in [2.45, 2.75) is 17.4 Å². The Morgan fingerprint density at radius 1 is 1.24 bits per heavy atom. The number of carbonyl (C=O) groups excluding carboxylic acids is 1. The largest absolute Gasteiger partial charge is 0.377 e. The van der Waals surface area contributed by atoms with E-state index in [0.717, 1.165) is 12.1 Å².